The smallest absolute Gasteiger partial charge is 0.0540 e. The van der Waals surface area contributed by atoms with Gasteiger partial charge < -0.3 is 10.8 Å². The molecule has 0 aromatic heterocycles. The molecule has 0 aliphatic rings. The molecular weight excluding hydrogens is 162 g/mol. The topological polar surface area (TPSA) is 46.2 Å². The van der Waals surface area contributed by atoms with Gasteiger partial charge in [0.15, 0.2) is 0 Å². The van der Waals surface area contributed by atoms with E-state index in [2.05, 4.69) is 11.8 Å². The molecule has 0 aliphatic carbocycles. The van der Waals surface area contributed by atoms with Crippen molar-refractivity contribution >= 4 is 0 Å². The van der Waals surface area contributed by atoms with E-state index in [0.717, 1.165) is 11.1 Å². The fourth-order valence-electron chi connectivity index (χ4n) is 0.945. The summed E-state index contributed by atoms with van der Waals surface area (Å²) < 4.78 is 0. The number of aliphatic hydroxyl groups is 1. The second-order valence-electron chi connectivity index (χ2n) is 2.68. The third-order valence-electron chi connectivity index (χ3n) is 1.66. The van der Waals surface area contributed by atoms with Crippen molar-refractivity contribution in [2.24, 2.45) is 5.73 Å². The number of hydrogen-bond acceptors (Lipinski definition) is 2. The standard InChI is InChI=1S/C11H13NO/c12-9-11-6-4-10(5-7-11)3-1-2-8-13/h4-7,13H,2,8-9,12H2. The Bertz CT molecular complexity index is 305. The Hall–Kier alpha value is -1.30. The molecular formula is C11H13NO. The van der Waals surface area contributed by atoms with Crippen LogP contribution in [0.1, 0.15) is 17.5 Å². The summed E-state index contributed by atoms with van der Waals surface area (Å²) in [5, 5.41) is 8.51. The van der Waals surface area contributed by atoms with E-state index in [9.17, 15) is 0 Å². The van der Waals surface area contributed by atoms with Crippen molar-refractivity contribution in [3.8, 4) is 11.8 Å². The third kappa shape index (κ3) is 3.29. The van der Waals surface area contributed by atoms with Gasteiger partial charge in [-0.25, -0.2) is 0 Å². The van der Waals surface area contributed by atoms with E-state index in [0.29, 0.717) is 13.0 Å². The maximum Gasteiger partial charge on any atom is 0.0540 e. The van der Waals surface area contributed by atoms with Gasteiger partial charge in [-0.1, -0.05) is 24.0 Å². The summed E-state index contributed by atoms with van der Waals surface area (Å²) in [6, 6.07) is 7.80. The van der Waals surface area contributed by atoms with Crippen LogP contribution in [-0.2, 0) is 6.54 Å². The Balaban J connectivity index is 2.65. The molecule has 68 valence electrons. The number of aliphatic hydroxyl groups excluding tert-OH is 1. The summed E-state index contributed by atoms with van der Waals surface area (Å²) in [6.45, 7) is 0.679. The highest BCUT2D eigenvalue weighted by molar-refractivity contribution is 5.35. The number of benzene rings is 1. The van der Waals surface area contributed by atoms with Crippen LogP contribution in [0.25, 0.3) is 0 Å². The summed E-state index contributed by atoms with van der Waals surface area (Å²) in [4.78, 5) is 0. The molecule has 0 amide bonds. The Morgan fingerprint density at radius 2 is 1.92 bits per heavy atom. The van der Waals surface area contributed by atoms with Crippen LogP contribution in [0.3, 0.4) is 0 Å². The van der Waals surface area contributed by atoms with E-state index < -0.39 is 0 Å². The molecule has 0 unspecified atom stereocenters. The van der Waals surface area contributed by atoms with Gasteiger partial charge in [0.05, 0.1) is 6.61 Å². The normalized spacial score (nSPS) is 9.08. The van der Waals surface area contributed by atoms with Gasteiger partial charge >= 0.3 is 0 Å². The molecule has 0 saturated carbocycles. The number of hydrogen-bond donors (Lipinski definition) is 2. The lowest BCUT2D eigenvalue weighted by atomic mass is 10.1. The van der Waals surface area contributed by atoms with E-state index in [1.54, 1.807) is 0 Å². The lowest BCUT2D eigenvalue weighted by molar-refractivity contribution is 0.305. The summed E-state index contributed by atoms with van der Waals surface area (Å²) >= 11 is 0. The van der Waals surface area contributed by atoms with Crippen molar-refractivity contribution in [3.05, 3.63) is 35.4 Å². The quantitative estimate of drug-likeness (QED) is 0.655. The molecule has 2 nitrogen and oxygen atoms in total. The molecule has 0 heterocycles. The van der Waals surface area contributed by atoms with Gasteiger partial charge in [0.1, 0.15) is 0 Å². The lowest BCUT2D eigenvalue weighted by Gasteiger charge is -1.94. The van der Waals surface area contributed by atoms with Gasteiger partial charge in [0.25, 0.3) is 0 Å². The van der Waals surface area contributed by atoms with Crippen LogP contribution in [0.4, 0.5) is 0 Å². The fourth-order valence-corrected chi connectivity index (χ4v) is 0.945. The van der Waals surface area contributed by atoms with Crippen molar-refractivity contribution < 1.29 is 5.11 Å². The minimum absolute atomic E-state index is 0.119. The van der Waals surface area contributed by atoms with Crippen molar-refractivity contribution in [1.29, 1.82) is 0 Å². The van der Waals surface area contributed by atoms with Crippen LogP contribution in [0, 0.1) is 11.8 Å². The van der Waals surface area contributed by atoms with Crippen LogP contribution < -0.4 is 5.73 Å². The Labute approximate surface area is 78.4 Å². The zero-order chi connectivity index (χ0) is 9.52. The van der Waals surface area contributed by atoms with E-state index in [-0.39, 0.29) is 6.61 Å². The van der Waals surface area contributed by atoms with E-state index in [4.69, 9.17) is 10.8 Å². The van der Waals surface area contributed by atoms with Crippen molar-refractivity contribution in [2.45, 2.75) is 13.0 Å². The minimum atomic E-state index is 0.119. The van der Waals surface area contributed by atoms with Crippen LogP contribution >= 0.6 is 0 Å². The maximum absolute atomic E-state index is 8.51. The summed E-state index contributed by atoms with van der Waals surface area (Å²) in [5.41, 5.74) is 7.52. The predicted molar refractivity (Wildman–Crippen MR) is 52.9 cm³/mol. The monoisotopic (exact) mass is 175 g/mol. The molecule has 0 bridgehead atoms. The minimum Gasteiger partial charge on any atom is -0.395 e. The number of nitrogens with two attached hydrogens (primary N) is 1. The largest absolute Gasteiger partial charge is 0.395 e. The molecule has 0 aliphatic heterocycles. The van der Waals surface area contributed by atoms with Crippen LogP contribution in [0.5, 0.6) is 0 Å². The second-order valence-corrected chi connectivity index (χ2v) is 2.68. The molecule has 0 radical (unpaired) electrons. The van der Waals surface area contributed by atoms with Gasteiger partial charge in [-0.15, -0.1) is 0 Å². The van der Waals surface area contributed by atoms with Gasteiger partial charge in [-0.3, -0.25) is 0 Å². The first-order valence-electron chi connectivity index (χ1n) is 4.25. The molecule has 13 heavy (non-hydrogen) atoms. The fraction of sp³-hybridized carbons (Fsp3) is 0.273. The van der Waals surface area contributed by atoms with E-state index >= 15 is 0 Å². The number of rotatable bonds is 2. The molecule has 0 saturated heterocycles. The predicted octanol–water partition coefficient (Wildman–Crippen LogP) is 0.879. The van der Waals surface area contributed by atoms with E-state index in [1.165, 1.54) is 0 Å². The Morgan fingerprint density at radius 3 is 2.46 bits per heavy atom. The molecule has 1 rings (SSSR count). The van der Waals surface area contributed by atoms with Crippen molar-refractivity contribution in [3.63, 3.8) is 0 Å². The Kier molecular flexibility index (Phi) is 4.04. The zero-order valence-electron chi connectivity index (χ0n) is 7.46. The molecule has 0 spiro atoms. The molecule has 2 heteroatoms. The van der Waals surface area contributed by atoms with E-state index in [1.807, 2.05) is 24.3 Å². The highest BCUT2D eigenvalue weighted by atomic mass is 16.2. The van der Waals surface area contributed by atoms with Crippen LogP contribution in [0.2, 0.25) is 0 Å². The van der Waals surface area contributed by atoms with Crippen molar-refractivity contribution in [2.75, 3.05) is 6.61 Å². The molecule has 0 fully saturated rings. The summed E-state index contributed by atoms with van der Waals surface area (Å²) in [5.74, 6) is 5.80. The van der Waals surface area contributed by atoms with Crippen LogP contribution in [-0.4, -0.2) is 11.7 Å². The average Bonchev–Trinajstić information content (AvgIpc) is 2.19. The van der Waals surface area contributed by atoms with Gasteiger partial charge in [0, 0.05) is 18.5 Å². The summed E-state index contributed by atoms with van der Waals surface area (Å²) in [6.07, 6.45) is 0.526. The molecule has 3 N–H and O–H groups in total. The second kappa shape index (κ2) is 5.36. The summed E-state index contributed by atoms with van der Waals surface area (Å²) in [7, 11) is 0. The first kappa shape index (κ1) is 9.79. The molecule has 1 aromatic rings. The SMILES string of the molecule is NCc1ccc(C#CCCO)cc1. The zero-order valence-corrected chi connectivity index (χ0v) is 7.46. The van der Waals surface area contributed by atoms with Gasteiger partial charge in [-0.05, 0) is 17.7 Å². The van der Waals surface area contributed by atoms with Crippen LogP contribution in [0.15, 0.2) is 24.3 Å². The highest BCUT2D eigenvalue weighted by Gasteiger charge is 1.88. The molecule has 1 aromatic carbocycles. The third-order valence-corrected chi connectivity index (χ3v) is 1.66. The van der Waals surface area contributed by atoms with Gasteiger partial charge in [0.2, 0.25) is 0 Å². The first-order chi connectivity index (χ1) is 6.36. The van der Waals surface area contributed by atoms with Gasteiger partial charge in [-0.2, -0.15) is 0 Å². The average molecular weight is 175 g/mol. The molecule has 0 atom stereocenters. The lowest BCUT2D eigenvalue weighted by Crippen LogP contribution is -1.95. The maximum atomic E-state index is 8.51. The van der Waals surface area contributed by atoms with Crippen molar-refractivity contribution in [1.82, 2.24) is 0 Å². The Morgan fingerprint density at radius 1 is 1.23 bits per heavy atom. The first-order valence-corrected chi connectivity index (χ1v) is 4.25. The highest BCUT2D eigenvalue weighted by Crippen LogP contribution is 2.01.